The Morgan fingerprint density at radius 2 is 2.00 bits per heavy atom. The lowest BCUT2D eigenvalue weighted by atomic mass is 10.2. The minimum absolute atomic E-state index is 0.00507. The minimum atomic E-state index is -0.489. The Hall–Kier alpha value is -2.37. The number of hydrogen-bond acceptors (Lipinski definition) is 5. The molecular weight excluding hydrogens is 200 g/mol. The van der Waals surface area contributed by atoms with E-state index in [0.717, 1.165) is 6.26 Å². The first kappa shape index (κ1) is 9.20. The zero-order valence-corrected chi connectivity index (χ0v) is 7.45. The van der Waals surface area contributed by atoms with Gasteiger partial charge < -0.3 is 9.52 Å². The molecule has 1 heterocycles. The molecule has 0 bridgehead atoms. The zero-order chi connectivity index (χ0) is 10.8. The van der Waals surface area contributed by atoms with E-state index in [2.05, 4.69) is 4.98 Å². The van der Waals surface area contributed by atoms with Gasteiger partial charge in [0.25, 0.3) is 11.6 Å². The van der Waals surface area contributed by atoms with Crippen LogP contribution in [-0.4, -0.2) is 15.0 Å². The zero-order valence-electron chi connectivity index (χ0n) is 7.45. The molecule has 1 aromatic heterocycles. The van der Waals surface area contributed by atoms with Crippen LogP contribution in [0.15, 0.2) is 34.9 Å². The Balaban J connectivity index is 2.35. The molecule has 0 aliphatic rings. The molecule has 0 unspecified atom stereocenters. The topological polar surface area (TPSA) is 89.4 Å². The highest BCUT2D eigenvalue weighted by Crippen LogP contribution is 2.23. The van der Waals surface area contributed by atoms with Gasteiger partial charge >= 0.3 is 0 Å². The number of hydrogen-bond donors (Lipinski definition) is 1. The third-order valence-corrected chi connectivity index (χ3v) is 1.82. The first-order valence-electron chi connectivity index (χ1n) is 4.06. The molecule has 0 fully saturated rings. The number of nitro benzene ring substituents is 1. The third kappa shape index (κ3) is 1.78. The number of aromatic nitrogens is 1. The van der Waals surface area contributed by atoms with Crippen molar-refractivity contribution in [2.75, 3.05) is 0 Å². The van der Waals surface area contributed by atoms with Gasteiger partial charge in [-0.05, 0) is 12.1 Å². The molecular formula is C9H6N2O4. The van der Waals surface area contributed by atoms with E-state index >= 15 is 0 Å². The number of benzene rings is 1. The second-order valence-corrected chi connectivity index (χ2v) is 2.81. The van der Waals surface area contributed by atoms with E-state index in [9.17, 15) is 10.1 Å². The summed E-state index contributed by atoms with van der Waals surface area (Å²) in [6, 6.07) is 5.69. The summed E-state index contributed by atoms with van der Waals surface area (Å²) in [5.74, 6) is 0.00532. The number of non-ortho nitro benzene ring substituents is 1. The van der Waals surface area contributed by atoms with Crippen molar-refractivity contribution >= 4 is 5.69 Å². The number of rotatable bonds is 2. The Morgan fingerprint density at radius 1 is 1.33 bits per heavy atom. The number of oxazole rings is 1. The molecule has 2 rings (SSSR count). The summed E-state index contributed by atoms with van der Waals surface area (Å²) in [6.45, 7) is 0. The highest BCUT2D eigenvalue weighted by atomic mass is 16.6. The van der Waals surface area contributed by atoms with Crippen molar-refractivity contribution in [2.45, 2.75) is 0 Å². The maximum Gasteiger partial charge on any atom is 0.269 e. The molecule has 0 radical (unpaired) electrons. The molecule has 6 heteroatoms. The summed E-state index contributed by atoms with van der Waals surface area (Å²) in [4.78, 5) is 13.6. The molecule has 2 aromatic rings. The van der Waals surface area contributed by atoms with Crippen LogP contribution in [0, 0.1) is 10.1 Å². The summed E-state index contributed by atoms with van der Waals surface area (Å²) < 4.78 is 4.92. The standard InChI is InChI=1S/C9H6N2O4/c12-8-5-15-9(10-8)6-1-3-7(4-2-6)11(13)14/h1-5,12H. The Bertz CT molecular complexity index is 489. The molecule has 0 aliphatic heterocycles. The predicted molar refractivity (Wildman–Crippen MR) is 50.3 cm³/mol. The van der Waals surface area contributed by atoms with Gasteiger partial charge in [0, 0.05) is 17.7 Å². The molecule has 0 saturated carbocycles. The van der Waals surface area contributed by atoms with Crippen molar-refractivity contribution in [3.8, 4) is 17.3 Å². The quantitative estimate of drug-likeness (QED) is 0.599. The van der Waals surface area contributed by atoms with Crippen LogP contribution in [0.5, 0.6) is 5.88 Å². The van der Waals surface area contributed by atoms with Gasteiger partial charge in [-0.2, -0.15) is 4.98 Å². The lowest BCUT2D eigenvalue weighted by Gasteiger charge is -1.94. The third-order valence-electron chi connectivity index (χ3n) is 1.82. The monoisotopic (exact) mass is 206 g/mol. The van der Waals surface area contributed by atoms with Crippen LogP contribution < -0.4 is 0 Å². The van der Waals surface area contributed by atoms with Crippen LogP contribution >= 0.6 is 0 Å². The highest BCUT2D eigenvalue weighted by molar-refractivity contribution is 5.56. The summed E-state index contributed by atoms with van der Waals surface area (Å²) in [7, 11) is 0. The number of nitro groups is 1. The SMILES string of the molecule is O=[N+]([O-])c1ccc(-c2nc(O)co2)cc1. The van der Waals surface area contributed by atoms with Crippen molar-refractivity contribution in [1.29, 1.82) is 0 Å². The van der Waals surface area contributed by atoms with Gasteiger partial charge in [0.1, 0.15) is 0 Å². The van der Waals surface area contributed by atoms with E-state index in [4.69, 9.17) is 9.52 Å². The second-order valence-electron chi connectivity index (χ2n) is 2.81. The molecule has 1 N–H and O–H groups in total. The van der Waals surface area contributed by atoms with Crippen LogP contribution in [0.4, 0.5) is 5.69 Å². The van der Waals surface area contributed by atoms with Crippen molar-refractivity contribution < 1.29 is 14.4 Å². The Labute approximate surface area is 83.9 Å². The van der Waals surface area contributed by atoms with E-state index in [0.29, 0.717) is 5.56 Å². The summed E-state index contributed by atoms with van der Waals surface area (Å²) in [6.07, 6.45) is 1.09. The van der Waals surface area contributed by atoms with Crippen LogP contribution in [0.25, 0.3) is 11.5 Å². The van der Waals surface area contributed by atoms with E-state index < -0.39 is 4.92 Å². The molecule has 1 aromatic carbocycles. The molecule has 0 spiro atoms. The fraction of sp³-hybridized carbons (Fsp3) is 0. The van der Waals surface area contributed by atoms with E-state index in [1.807, 2.05) is 0 Å². The smallest absolute Gasteiger partial charge is 0.269 e. The lowest BCUT2D eigenvalue weighted by molar-refractivity contribution is -0.384. The molecule has 0 saturated heterocycles. The number of nitrogens with zero attached hydrogens (tertiary/aromatic N) is 2. The highest BCUT2D eigenvalue weighted by Gasteiger charge is 2.08. The van der Waals surface area contributed by atoms with Crippen LogP contribution in [-0.2, 0) is 0 Å². The van der Waals surface area contributed by atoms with E-state index in [1.54, 1.807) is 0 Å². The first-order valence-corrected chi connectivity index (χ1v) is 4.06. The van der Waals surface area contributed by atoms with Crippen LogP contribution in [0.1, 0.15) is 0 Å². The van der Waals surface area contributed by atoms with Gasteiger partial charge in [-0.15, -0.1) is 0 Å². The van der Waals surface area contributed by atoms with Crippen LogP contribution in [0.3, 0.4) is 0 Å². The maximum atomic E-state index is 10.4. The molecule has 0 aliphatic carbocycles. The molecule has 0 amide bonds. The van der Waals surface area contributed by atoms with Gasteiger partial charge in [0.2, 0.25) is 5.89 Å². The van der Waals surface area contributed by atoms with E-state index in [1.165, 1.54) is 24.3 Å². The fourth-order valence-electron chi connectivity index (χ4n) is 1.12. The lowest BCUT2D eigenvalue weighted by Crippen LogP contribution is -1.87. The molecule has 0 atom stereocenters. The maximum absolute atomic E-state index is 10.4. The van der Waals surface area contributed by atoms with Crippen molar-refractivity contribution in [2.24, 2.45) is 0 Å². The van der Waals surface area contributed by atoms with E-state index in [-0.39, 0.29) is 17.5 Å². The average Bonchev–Trinajstić information content (AvgIpc) is 2.65. The van der Waals surface area contributed by atoms with Gasteiger partial charge in [0.05, 0.1) is 4.92 Å². The van der Waals surface area contributed by atoms with Gasteiger partial charge in [-0.25, -0.2) is 0 Å². The first-order chi connectivity index (χ1) is 7.16. The summed E-state index contributed by atoms with van der Waals surface area (Å²) >= 11 is 0. The second kappa shape index (κ2) is 3.41. The van der Waals surface area contributed by atoms with Gasteiger partial charge in [-0.3, -0.25) is 10.1 Å². The molecule has 76 valence electrons. The average molecular weight is 206 g/mol. The summed E-state index contributed by atoms with van der Waals surface area (Å²) in [5, 5.41) is 19.3. The summed E-state index contributed by atoms with van der Waals surface area (Å²) in [5.41, 5.74) is 0.565. The fourth-order valence-corrected chi connectivity index (χ4v) is 1.12. The van der Waals surface area contributed by atoms with Crippen molar-refractivity contribution in [1.82, 2.24) is 4.98 Å². The van der Waals surface area contributed by atoms with Crippen LogP contribution in [0.2, 0.25) is 0 Å². The Morgan fingerprint density at radius 3 is 2.47 bits per heavy atom. The molecule has 15 heavy (non-hydrogen) atoms. The number of aromatic hydroxyl groups is 1. The molecule has 6 nitrogen and oxygen atoms in total. The van der Waals surface area contributed by atoms with Crippen molar-refractivity contribution in [3.05, 3.63) is 40.6 Å². The predicted octanol–water partition coefficient (Wildman–Crippen LogP) is 1.96. The van der Waals surface area contributed by atoms with Gasteiger partial charge in [0.15, 0.2) is 6.26 Å². The normalized spacial score (nSPS) is 10.1. The van der Waals surface area contributed by atoms with Gasteiger partial charge in [-0.1, -0.05) is 0 Å². The van der Waals surface area contributed by atoms with Crippen molar-refractivity contribution in [3.63, 3.8) is 0 Å². The Kier molecular flexibility index (Phi) is 2.09. The largest absolute Gasteiger partial charge is 0.491 e. The minimum Gasteiger partial charge on any atom is -0.491 e.